The molecule has 1 aliphatic heterocycles. The first kappa shape index (κ1) is 18.7. The third kappa shape index (κ3) is 3.59. The molecule has 0 unspecified atom stereocenters. The van der Waals surface area contributed by atoms with Gasteiger partial charge in [-0.2, -0.15) is 0 Å². The van der Waals surface area contributed by atoms with E-state index in [4.69, 9.17) is 18.9 Å². The van der Waals surface area contributed by atoms with Crippen LogP contribution in [-0.4, -0.2) is 45.3 Å². The Morgan fingerprint density at radius 3 is 2.37 bits per heavy atom. The fourth-order valence-corrected chi connectivity index (χ4v) is 3.70. The maximum Gasteiger partial charge on any atom is 0.348 e. The summed E-state index contributed by atoms with van der Waals surface area (Å²) in [5, 5.41) is 2.87. The number of amides is 1. The van der Waals surface area contributed by atoms with Crippen LogP contribution in [0.2, 0.25) is 0 Å². The highest BCUT2D eigenvalue weighted by Crippen LogP contribution is 2.35. The number of methoxy groups -OCH3 is 2. The molecule has 1 amide bonds. The van der Waals surface area contributed by atoms with Crippen LogP contribution < -0.4 is 14.8 Å². The summed E-state index contributed by atoms with van der Waals surface area (Å²) in [5.41, 5.74) is 0.825. The molecule has 0 radical (unpaired) electrons. The number of thiophene rings is 1. The molecule has 1 aromatic carbocycles. The highest BCUT2D eigenvalue weighted by Gasteiger charge is 2.27. The second-order valence-corrected chi connectivity index (χ2v) is 6.58. The number of anilines is 1. The van der Waals surface area contributed by atoms with Gasteiger partial charge in [-0.05, 0) is 30.7 Å². The summed E-state index contributed by atoms with van der Waals surface area (Å²) in [5.74, 6) is -0.679. The minimum absolute atomic E-state index is 0.119. The van der Waals surface area contributed by atoms with Gasteiger partial charge >= 0.3 is 11.9 Å². The molecular formula is C18H17NO7S. The summed E-state index contributed by atoms with van der Waals surface area (Å²) in [6.07, 6.45) is 0. The molecule has 1 N–H and O–H groups in total. The van der Waals surface area contributed by atoms with Crippen molar-refractivity contribution in [2.45, 2.75) is 6.92 Å². The zero-order valence-electron chi connectivity index (χ0n) is 14.9. The number of ether oxygens (including phenoxy) is 4. The first-order chi connectivity index (χ1) is 13.0. The van der Waals surface area contributed by atoms with Gasteiger partial charge in [-0.15, -0.1) is 11.3 Å². The van der Waals surface area contributed by atoms with Gasteiger partial charge < -0.3 is 24.3 Å². The summed E-state index contributed by atoms with van der Waals surface area (Å²) in [6.45, 7) is 2.44. The maximum absolute atomic E-state index is 12.7. The van der Waals surface area contributed by atoms with E-state index in [1.54, 1.807) is 25.1 Å². The second kappa shape index (κ2) is 7.67. The van der Waals surface area contributed by atoms with Gasteiger partial charge in [0.2, 0.25) is 0 Å². The van der Waals surface area contributed by atoms with Gasteiger partial charge in [0.25, 0.3) is 5.91 Å². The fraction of sp³-hybridized carbons (Fsp3) is 0.278. The highest BCUT2D eigenvalue weighted by atomic mass is 32.1. The highest BCUT2D eigenvalue weighted by molar-refractivity contribution is 7.18. The van der Waals surface area contributed by atoms with E-state index in [0.29, 0.717) is 35.8 Å². The molecule has 0 aliphatic carbocycles. The van der Waals surface area contributed by atoms with Crippen LogP contribution in [0.4, 0.5) is 5.00 Å². The van der Waals surface area contributed by atoms with Gasteiger partial charge in [0.1, 0.15) is 23.1 Å². The Kier molecular flexibility index (Phi) is 5.31. The van der Waals surface area contributed by atoms with Crippen LogP contribution in [0, 0.1) is 6.92 Å². The number of carbonyl (C=O) groups is 3. The van der Waals surface area contributed by atoms with E-state index in [0.717, 1.165) is 11.3 Å². The summed E-state index contributed by atoms with van der Waals surface area (Å²) < 4.78 is 20.4. The number of esters is 2. The van der Waals surface area contributed by atoms with Crippen LogP contribution >= 0.6 is 11.3 Å². The monoisotopic (exact) mass is 391 g/mol. The molecule has 1 aromatic heterocycles. The topological polar surface area (TPSA) is 100 Å². The lowest BCUT2D eigenvalue weighted by Crippen LogP contribution is -2.17. The number of rotatable bonds is 4. The zero-order chi connectivity index (χ0) is 19.6. The van der Waals surface area contributed by atoms with Crippen molar-refractivity contribution >= 4 is 34.2 Å². The lowest BCUT2D eigenvalue weighted by Gasteiger charge is -2.18. The third-order valence-electron chi connectivity index (χ3n) is 3.94. The normalized spacial score (nSPS) is 12.3. The van der Waals surface area contributed by atoms with Crippen LogP contribution in [0.3, 0.4) is 0 Å². The van der Waals surface area contributed by atoms with Gasteiger partial charge in [0.05, 0.1) is 19.8 Å². The Balaban J connectivity index is 1.93. The van der Waals surface area contributed by atoms with Gasteiger partial charge in [0.15, 0.2) is 11.5 Å². The van der Waals surface area contributed by atoms with Crippen molar-refractivity contribution in [3.8, 4) is 11.5 Å². The van der Waals surface area contributed by atoms with Crippen molar-refractivity contribution in [3.05, 3.63) is 39.8 Å². The number of hydrogen-bond acceptors (Lipinski definition) is 8. The Morgan fingerprint density at radius 2 is 1.70 bits per heavy atom. The minimum atomic E-state index is -0.656. The van der Waals surface area contributed by atoms with Crippen LogP contribution in [0.15, 0.2) is 18.2 Å². The zero-order valence-corrected chi connectivity index (χ0v) is 15.7. The van der Waals surface area contributed by atoms with Crippen LogP contribution in [-0.2, 0) is 9.47 Å². The van der Waals surface area contributed by atoms with Crippen molar-refractivity contribution in [2.75, 3.05) is 32.8 Å². The average Bonchev–Trinajstić information content (AvgIpc) is 3.02. The molecule has 142 valence electrons. The number of nitrogens with one attached hydrogen (secondary N) is 1. The maximum atomic E-state index is 12.7. The van der Waals surface area contributed by atoms with Crippen molar-refractivity contribution in [2.24, 2.45) is 0 Å². The molecule has 2 aromatic rings. The number of benzene rings is 1. The molecule has 1 aliphatic rings. The van der Waals surface area contributed by atoms with Crippen LogP contribution in [0.5, 0.6) is 11.5 Å². The van der Waals surface area contributed by atoms with E-state index >= 15 is 0 Å². The largest absolute Gasteiger partial charge is 0.486 e. The Bertz CT molecular complexity index is 919. The lowest BCUT2D eigenvalue weighted by atomic mass is 10.1. The standard InChI is InChI=1S/C18H17NO7S/c1-9-13(17(21)23-2)16(27-14(9)18(22)24-3)19-15(20)10-4-5-11-12(8-10)26-7-6-25-11/h4-5,8H,6-7H2,1-3H3,(H,19,20). The Labute approximate surface area is 159 Å². The van der Waals surface area contributed by atoms with Gasteiger partial charge in [-0.3, -0.25) is 4.79 Å². The van der Waals surface area contributed by atoms with Crippen LogP contribution in [0.25, 0.3) is 0 Å². The summed E-state index contributed by atoms with van der Waals surface area (Å²) >= 11 is 0.951. The number of carbonyl (C=O) groups excluding carboxylic acids is 3. The molecule has 0 saturated carbocycles. The number of hydrogen-bond donors (Lipinski definition) is 1. The molecular weight excluding hydrogens is 374 g/mol. The molecule has 8 nitrogen and oxygen atoms in total. The van der Waals surface area contributed by atoms with Gasteiger partial charge in [-0.25, -0.2) is 9.59 Å². The van der Waals surface area contributed by atoms with Crippen molar-refractivity contribution in [1.29, 1.82) is 0 Å². The molecule has 3 rings (SSSR count). The molecule has 0 spiro atoms. The van der Waals surface area contributed by atoms with E-state index in [9.17, 15) is 14.4 Å². The van der Waals surface area contributed by atoms with E-state index in [1.807, 2.05) is 0 Å². The second-order valence-electron chi connectivity index (χ2n) is 5.56. The van der Waals surface area contributed by atoms with E-state index in [1.165, 1.54) is 14.2 Å². The summed E-state index contributed by atoms with van der Waals surface area (Å²) in [4.78, 5) is 36.9. The molecule has 27 heavy (non-hydrogen) atoms. The minimum Gasteiger partial charge on any atom is -0.486 e. The van der Waals surface area contributed by atoms with Gasteiger partial charge in [0, 0.05) is 5.56 Å². The molecule has 9 heteroatoms. The van der Waals surface area contributed by atoms with Gasteiger partial charge in [-0.1, -0.05) is 0 Å². The molecule has 0 bridgehead atoms. The van der Waals surface area contributed by atoms with E-state index < -0.39 is 17.8 Å². The Hall–Kier alpha value is -3.07. The predicted molar refractivity (Wildman–Crippen MR) is 97.1 cm³/mol. The van der Waals surface area contributed by atoms with Crippen LogP contribution in [0.1, 0.15) is 36.0 Å². The van der Waals surface area contributed by atoms with E-state index in [2.05, 4.69) is 5.32 Å². The molecule has 2 heterocycles. The van der Waals surface area contributed by atoms with Crippen molar-refractivity contribution in [3.63, 3.8) is 0 Å². The molecule has 0 atom stereocenters. The van der Waals surface area contributed by atoms with Crippen molar-refractivity contribution in [1.82, 2.24) is 0 Å². The smallest absolute Gasteiger partial charge is 0.348 e. The molecule has 0 fully saturated rings. The number of fused-ring (bicyclic) bond motifs is 1. The predicted octanol–water partition coefficient (Wildman–Crippen LogP) is 2.65. The van der Waals surface area contributed by atoms with Crippen molar-refractivity contribution < 1.29 is 33.3 Å². The summed E-state index contributed by atoms with van der Waals surface area (Å²) in [6, 6.07) is 4.79. The SMILES string of the molecule is COC(=O)c1sc(NC(=O)c2ccc3c(c2)OCCO3)c(C(=O)OC)c1C. The Morgan fingerprint density at radius 1 is 1.04 bits per heavy atom. The first-order valence-corrected chi connectivity index (χ1v) is 8.79. The van der Waals surface area contributed by atoms with E-state index in [-0.39, 0.29) is 15.4 Å². The third-order valence-corrected chi connectivity index (χ3v) is 5.13. The first-order valence-electron chi connectivity index (χ1n) is 7.97. The summed E-state index contributed by atoms with van der Waals surface area (Å²) in [7, 11) is 2.47. The average molecular weight is 391 g/mol. The quantitative estimate of drug-likeness (QED) is 0.800. The fourth-order valence-electron chi connectivity index (χ4n) is 2.60. The molecule has 0 saturated heterocycles. The lowest BCUT2D eigenvalue weighted by molar-refractivity contribution is 0.0601.